The van der Waals surface area contributed by atoms with Crippen LogP contribution in [-0.4, -0.2) is 42.8 Å². The van der Waals surface area contributed by atoms with Crippen LogP contribution < -0.4 is 5.32 Å². The van der Waals surface area contributed by atoms with E-state index >= 15 is 0 Å². The molecule has 0 aliphatic carbocycles. The minimum absolute atomic E-state index is 0.171. The Bertz CT molecular complexity index is 554. The maximum atomic E-state index is 12.2. The highest BCUT2D eigenvalue weighted by Gasteiger charge is 2.39. The van der Waals surface area contributed by atoms with Gasteiger partial charge in [-0.05, 0) is 12.5 Å². The van der Waals surface area contributed by atoms with Crippen molar-refractivity contribution in [1.29, 1.82) is 0 Å². The second-order valence-electron chi connectivity index (χ2n) is 5.08. The van der Waals surface area contributed by atoms with Gasteiger partial charge in [0.2, 0.25) is 5.91 Å². The highest BCUT2D eigenvalue weighted by molar-refractivity contribution is 6.00. The molecule has 0 saturated carbocycles. The molecule has 5 heteroatoms. The average Bonchev–Trinajstić information content (AvgIpc) is 2.49. The maximum Gasteiger partial charge on any atom is 0.245 e. The van der Waals surface area contributed by atoms with Crippen LogP contribution in [-0.2, 0) is 20.9 Å². The molecule has 2 rings (SSSR count). The minimum atomic E-state index is -0.793. The Balaban J connectivity index is 2.17. The minimum Gasteiger partial charge on any atom is -0.364 e. The van der Waals surface area contributed by atoms with Gasteiger partial charge in [-0.15, -0.1) is 0 Å². The van der Waals surface area contributed by atoms with Crippen molar-refractivity contribution >= 4 is 11.7 Å². The van der Waals surface area contributed by atoms with Gasteiger partial charge >= 0.3 is 0 Å². The zero-order valence-corrected chi connectivity index (χ0v) is 12.5. The van der Waals surface area contributed by atoms with E-state index in [4.69, 9.17) is 4.74 Å². The molecule has 0 spiro atoms. The van der Waals surface area contributed by atoms with Crippen molar-refractivity contribution in [3.05, 3.63) is 47.7 Å². The lowest BCUT2D eigenvalue weighted by Gasteiger charge is -2.37. The number of rotatable bonds is 4. The van der Waals surface area contributed by atoms with Crippen LogP contribution in [0.25, 0.3) is 0 Å². The van der Waals surface area contributed by atoms with Crippen LogP contribution in [0.5, 0.6) is 0 Å². The number of benzene rings is 1. The van der Waals surface area contributed by atoms with Crippen LogP contribution in [0, 0.1) is 0 Å². The average molecular weight is 288 g/mol. The molecule has 0 saturated heterocycles. The number of likely N-dealkylation sites (N-methyl/N-ethyl adjacent to an activating group) is 2. The van der Waals surface area contributed by atoms with Gasteiger partial charge in [-0.3, -0.25) is 9.59 Å². The molecule has 0 bridgehead atoms. The summed E-state index contributed by atoms with van der Waals surface area (Å²) in [5.41, 5.74) is 1.73. The van der Waals surface area contributed by atoms with E-state index in [0.29, 0.717) is 6.61 Å². The summed E-state index contributed by atoms with van der Waals surface area (Å²) in [5.74, 6) is -0.397. The number of amides is 1. The van der Waals surface area contributed by atoms with Crippen LogP contribution in [0.4, 0.5) is 0 Å². The van der Waals surface area contributed by atoms with Gasteiger partial charge in [0.25, 0.3) is 0 Å². The third-order valence-electron chi connectivity index (χ3n) is 3.68. The van der Waals surface area contributed by atoms with E-state index in [1.165, 1.54) is 6.08 Å². The second-order valence-corrected chi connectivity index (χ2v) is 5.08. The zero-order chi connectivity index (χ0) is 15.4. The summed E-state index contributed by atoms with van der Waals surface area (Å²) >= 11 is 0. The fourth-order valence-electron chi connectivity index (χ4n) is 2.36. The number of nitrogens with one attached hydrogen (secondary N) is 1. The van der Waals surface area contributed by atoms with Gasteiger partial charge in [-0.1, -0.05) is 30.3 Å². The molecule has 2 atom stereocenters. The SMILES string of the molecule is CNC(=O)C1C(OCc2ccccc2)C(=O)C=C(C)N1C. The van der Waals surface area contributed by atoms with Crippen molar-refractivity contribution in [3.63, 3.8) is 0 Å². The number of ketones is 1. The largest absolute Gasteiger partial charge is 0.364 e. The molecule has 1 N–H and O–H groups in total. The number of nitrogens with zero attached hydrogens (tertiary/aromatic N) is 1. The van der Waals surface area contributed by atoms with Gasteiger partial charge in [0.15, 0.2) is 5.78 Å². The third kappa shape index (κ3) is 3.31. The number of ether oxygens (including phenoxy) is 1. The van der Waals surface area contributed by atoms with Gasteiger partial charge in [0.1, 0.15) is 12.1 Å². The summed E-state index contributed by atoms with van der Waals surface area (Å²) in [5, 5.41) is 2.59. The molecule has 1 heterocycles. The molecule has 0 aromatic heterocycles. The van der Waals surface area contributed by atoms with Gasteiger partial charge < -0.3 is 15.0 Å². The molecule has 5 nitrogen and oxygen atoms in total. The quantitative estimate of drug-likeness (QED) is 0.901. The second kappa shape index (κ2) is 6.54. The highest BCUT2D eigenvalue weighted by atomic mass is 16.5. The summed E-state index contributed by atoms with van der Waals surface area (Å²) in [6, 6.07) is 8.94. The molecule has 1 aliphatic heterocycles. The fourth-order valence-corrected chi connectivity index (χ4v) is 2.36. The molecular formula is C16H20N2O3. The Morgan fingerprint density at radius 2 is 2.00 bits per heavy atom. The monoisotopic (exact) mass is 288 g/mol. The van der Waals surface area contributed by atoms with Gasteiger partial charge in [-0.2, -0.15) is 0 Å². The Hall–Kier alpha value is -2.14. The normalized spacial score (nSPS) is 22.0. The van der Waals surface area contributed by atoms with Crippen molar-refractivity contribution in [2.45, 2.75) is 25.7 Å². The molecule has 1 aromatic carbocycles. The maximum absolute atomic E-state index is 12.2. The molecule has 0 radical (unpaired) electrons. The van der Waals surface area contributed by atoms with E-state index in [1.54, 1.807) is 25.9 Å². The Labute approximate surface area is 124 Å². The fraction of sp³-hybridized carbons (Fsp3) is 0.375. The Kier molecular flexibility index (Phi) is 4.75. The summed E-state index contributed by atoms with van der Waals surface area (Å²) in [6.45, 7) is 2.10. The zero-order valence-electron chi connectivity index (χ0n) is 12.5. The first kappa shape index (κ1) is 15.3. The first-order valence-corrected chi connectivity index (χ1v) is 6.86. The van der Waals surface area contributed by atoms with Crippen LogP contribution in [0.1, 0.15) is 12.5 Å². The molecule has 1 aliphatic rings. The Morgan fingerprint density at radius 3 is 2.62 bits per heavy atom. The van der Waals surface area contributed by atoms with Crippen molar-refractivity contribution in [2.24, 2.45) is 0 Å². The van der Waals surface area contributed by atoms with Crippen LogP contribution in [0.15, 0.2) is 42.1 Å². The van der Waals surface area contributed by atoms with E-state index in [1.807, 2.05) is 30.3 Å². The van der Waals surface area contributed by atoms with E-state index in [2.05, 4.69) is 5.32 Å². The van der Waals surface area contributed by atoms with E-state index in [-0.39, 0.29) is 11.7 Å². The molecule has 2 unspecified atom stereocenters. The summed E-state index contributed by atoms with van der Waals surface area (Å²) < 4.78 is 5.74. The van der Waals surface area contributed by atoms with Crippen molar-refractivity contribution in [2.75, 3.05) is 14.1 Å². The third-order valence-corrected chi connectivity index (χ3v) is 3.68. The lowest BCUT2D eigenvalue weighted by Crippen LogP contribution is -2.56. The van der Waals surface area contributed by atoms with E-state index in [9.17, 15) is 9.59 Å². The number of hydrogen-bond acceptors (Lipinski definition) is 4. The molecule has 1 amide bonds. The first-order chi connectivity index (χ1) is 10.0. The van der Waals surface area contributed by atoms with Crippen LogP contribution >= 0.6 is 0 Å². The van der Waals surface area contributed by atoms with Gasteiger partial charge in [-0.25, -0.2) is 0 Å². The van der Waals surface area contributed by atoms with Crippen molar-refractivity contribution in [1.82, 2.24) is 10.2 Å². The molecule has 112 valence electrons. The smallest absolute Gasteiger partial charge is 0.245 e. The predicted molar refractivity (Wildman–Crippen MR) is 79.4 cm³/mol. The van der Waals surface area contributed by atoms with Crippen LogP contribution in [0.3, 0.4) is 0 Å². The van der Waals surface area contributed by atoms with E-state index in [0.717, 1.165) is 11.3 Å². The Morgan fingerprint density at radius 1 is 1.33 bits per heavy atom. The van der Waals surface area contributed by atoms with Crippen molar-refractivity contribution < 1.29 is 14.3 Å². The summed E-state index contributed by atoms with van der Waals surface area (Å²) in [4.78, 5) is 26.0. The molecule has 0 fully saturated rings. The predicted octanol–water partition coefficient (Wildman–Crippen LogP) is 1.10. The summed E-state index contributed by atoms with van der Waals surface area (Å²) in [6.07, 6.45) is 0.730. The highest BCUT2D eigenvalue weighted by Crippen LogP contribution is 2.21. The van der Waals surface area contributed by atoms with E-state index < -0.39 is 12.1 Å². The first-order valence-electron chi connectivity index (χ1n) is 6.86. The standard InChI is InChI=1S/C16H20N2O3/c1-11-9-13(19)15(14(18(11)3)16(20)17-2)21-10-12-7-5-4-6-8-12/h4-9,14-15H,10H2,1-3H3,(H,17,20). The van der Waals surface area contributed by atoms with Gasteiger partial charge in [0, 0.05) is 25.9 Å². The number of carbonyl (C=O) groups excluding carboxylic acids is 2. The van der Waals surface area contributed by atoms with Crippen molar-refractivity contribution in [3.8, 4) is 0 Å². The lowest BCUT2D eigenvalue weighted by molar-refractivity contribution is -0.143. The molecule has 1 aromatic rings. The molecule has 21 heavy (non-hydrogen) atoms. The topological polar surface area (TPSA) is 58.6 Å². The molecular weight excluding hydrogens is 268 g/mol. The van der Waals surface area contributed by atoms with Crippen LogP contribution in [0.2, 0.25) is 0 Å². The number of allylic oxidation sites excluding steroid dienone is 1. The number of hydrogen-bond donors (Lipinski definition) is 1. The van der Waals surface area contributed by atoms with Gasteiger partial charge in [0.05, 0.1) is 6.61 Å². The number of carbonyl (C=O) groups is 2. The lowest BCUT2D eigenvalue weighted by atomic mass is 9.98. The summed E-state index contributed by atoms with van der Waals surface area (Å²) in [7, 11) is 3.35.